The van der Waals surface area contributed by atoms with E-state index in [0.29, 0.717) is 37.6 Å². The van der Waals surface area contributed by atoms with Crippen LogP contribution in [0.5, 0.6) is 5.75 Å². The van der Waals surface area contributed by atoms with Crippen LogP contribution in [0, 0.1) is 0 Å². The molecule has 0 saturated carbocycles. The average Bonchev–Trinajstić information content (AvgIpc) is 2.66. The zero-order chi connectivity index (χ0) is 22.0. The summed E-state index contributed by atoms with van der Waals surface area (Å²) in [5.41, 5.74) is 0.804. The SMILES string of the molecule is C=CCOc1c(Br)cc(/C=C2\C(=O)NC(=S)N(c3ccc(Cl)cc3Cl)C2=O)cc1Br. The summed E-state index contributed by atoms with van der Waals surface area (Å²) in [6, 6.07) is 8.08. The van der Waals surface area contributed by atoms with Crippen molar-refractivity contribution in [1.29, 1.82) is 0 Å². The van der Waals surface area contributed by atoms with E-state index in [9.17, 15) is 9.59 Å². The lowest BCUT2D eigenvalue weighted by molar-refractivity contribution is -0.122. The number of rotatable bonds is 5. The fourth-order valence-electron chi connectivity index (χ4n) is 2.65. The molecule has 2 aromatic rings. The molecule has 5 nitrogen and oxygen atoms in total. The Morgan fingerprint density at radius 1 is 1.17 bits per heavy atom. The number of nitrogens with one attached hydrogen (secondary N) is 1. The Bertz CT molecular complexity index is 1100. The van der Waals surface area contributed by atoms with Crippen LogP contribution in [0.4, 0.5) is 5.69 Å². The van der Waals surface area contributed by atoms with E-state index in [2.05, 4.69) is 43.8 Å². The van der Waals surface area contributed by atoms with Crippen LogP contribution in [0.2, 0.25) is 10.0 Å². The van der Waals surface area contributed by atoms with Crippen LogP contribution < -0.4 is 15.0 Å². The quantitative estimate of drug-likeness (QED) is 0.203. The van der Waals surface area contributed by atoms with Gasteiger partial charge in [0.05, 0.1) is 19.7 Å². The lowest BCUT2D eigenvalue weighted by Gasteiger charge is -2.29. The number of nitrogens with zero attached hydrogens (tertiary/aromatic N) is 1. The van der Waals surface area contributed by atoms with E-state index in [1.165, 1.54) is 12.1 Å². The lowest BCUT2D eigenvalue weighted by Crippen LogP contribution is -2.54. The minimum absolute atomic E-state index is 0.0677. The molecular weight excluding hydrogens is 579 g/mol. The number of halogens is 4. The van der Waals surface area contributed by atoms with E-state index >= 15 is 0 Å². The van der Waals surface area contributed by atoms with Gasteiger partial charge in [0.15, 0.2) is 5.11 Å². The number of thiocarbonyl (C=S) groups is 1. The van der Waals surface area contributed by atoms with Gasteiger partial charge in [0.2, 0.25) is 0 Å². The van der Waals surface area contributed by atoms with Crippen molar-refractivity contribution in [3.63, 3.8) is 0 Å². The maximum absolute atomic E-state index is 13.1. The van der Waals surface area contributed by atoms with Crippen LogP contribution in [0.25, 0.3) is 6.08 Å². The first kappa shape index (κ1) is 23.0. The Morgan fingerprint density at radius 3 is 2.43 bits per heavy atom. The summed E-state index contributed by atoms with van der Waals surface area (Å²) < 4.78 is 6.87. The fourth-order valence-corrected chi connectivity index (χ4v) is 4.87. The third-order valence-electron chi connectivity index (χ3n) is 3.93. The predicted molar refractivity (Wildman–Crippen MR) is 130 cm³/mol. The van der Waals surface area contributed by atoms with Crippen molar-refractivity contribution in [1.82, 2.24) is 5.32 Å². The molecule has 0 aliphatic carbocycles. The molecule has 1 aliphatic heterocycles. The predicted octanol–water partition coefficient (Wildman–Crippen LogP) is 5.91. The Labute approximate surface area is 204 Å². The van der Waals surface area contributed by atoms with Crippen LogP contribution in [-0.4, -0.2) is 23.5 Å². The minimum atomic E-state index is -0.606. The van der Waals surface area contributed by atoms with Gasteiger partial charge in [-0.05, 0) is 86.0 Å². The van der Waals surface area contributed by atoms with E-state index in [-0.39, 0.29) is 15.7 Å². The highest BCUT2D eigenvalue weighted by atomic mass is 79.9. The molecule has 0 spiro atoms. The number of anilines is 1. The highest BCUT2D eigenvalue weighted by Gasteiger charge is 2.35. The molecule has 30 heavy (non-hydrogen) atoms. The molecule has 1 aliphatic rings. The van der Waals surface area contributed by atoms with Gasteiger partial charge >= 0.3 is 0 Å². The zero-order valence-corrected chi connectivity index (χ0v) is 20.5. The number of carbonyl (C=O) groups is 2. The van der Waals surface area contributed by atoms with Crippen LogP contribution in [0.3, 0.4) is 0 Å². The van der Waals surface area contributed by atoms with Crippen molar-refractivity contribution < 1.29 is 14.3 Å². The van der Waals surface area contributed by atoms with Crippen molar-refractivity contribution in [2.75, 3.05) is 11.5 Å². The summed E-state index contributed by atoms with van der Waals surface area (Å²) in [4.78, 5) is 26.8. The van der Waals surface area contributed by atoms with Gasteiger partial charge in [0.25, 0.3) is 11.8 Å². The molecule has 1 saturated heterocycles. The van der Waals surface area contributed by atoms with Crippen molar-refractivity contribution >= 4 is 96.0 Å². The van der Waals surface area contributed by atoms with Crippen molar-refractivity contribution in [2.24, 2.45) is 0 Å². The maximum atomic E-state index is 13.1. The second-order valence-corrected chi connectivity index (χ2v) is 8.91. The molecule has 1 fully saturated rings. The molecule has 10 heteroatoms. The summed E-state index contributed by atoms with van der Waals surface area (Å²) in [6.07, 6.45) is 3.09. The van der Waals surface area contributed by atoms with E-state index in [0.717, 1.165) is 4.90 Å². The van der Waals surface area contributed by atoms with Crippen molar-refractivity contribution in [3.05, 3.63) is 73.1 Å². The standard InChI is InChI=1S/C20H12Br2Cl2N2O3S/c1-2-5-29-17-13(21)7-10(8-14(17)22)6-12-18(27)25-20(30)26(19(12)28)16-4-3-11(23)9-15(16)24/h2-4,6-9H,1,5H2,(H,25,27,30)/b12-6+. The Morgan fingerprint density at radius 2 is 1.83 bits per heavy atom. The molecule has 0 atom stereocenters. The molecule has 0 aromatic heterocycles. The molecule has 1 N–H and O–H groups in total. The maximum Gasteiger partial charge on any atom is 0.270 e. The normalized spacial score (nSPS) is 15.4. The largest absolute Gasteiger partial charge is 0.487 e. The summed E-state index contributed by atoms with van der Waals surface area (Å²) in [5.74, 6) is -0.634. The van der Waals surface area contributed by atoms with Crippen molar-refractivity contribution in [2.45, 2.75) is 0 Å². The first-order chi connectivity index (χ1) is 14.2. The van der Waals surface area contributed by atoms with Gasteiger partial charge in [-0.3, -0.25) is 19.8 Å². The topological polar surface area (TPSA) is 58.6 Å². The van der Waals surface area contributed by atoms with Gasteiger partial charge in [0.1, 0.15) is 17.9 Å². The molecule has 2 amide bonds. The van der Waals surface area contributed by atoms with Crippen molar-refractivity contribution in [3.8, 4) is 5.75 Å². The summed E-state index contributed by atoms with van der Waals surface area (Å²) in [5, 5.41) is 3.08. The number of benzene rings is 2. The van der Waals surface area contributed by atoms with Gasteiger partial charge in [-0.15, -0.1) is 0 Å². The van der Waals surface area contributed by atoms with Gasteiger partial charge in [0, 0.05) is 5.02 Å². The average molecular weight is 591 g/mol. The zero-order valence-electron chi connectivity index (χ0n) is 15.0. The molecular formula is C20H12Br2Cl2N2O3S. The second-order valence-electron chi connectivity index (χ2n) is 5.97. The van der Waals surface area contributed by atoms with E-state index < -0.39 is 11.8 Å². The number of carbonyl (C=O) groups excluding carboxylic acids is 2. The first-order valence-electron chi connectivity index (χ1n) is 8.32. The highest BCUT2D eigenvalue weighted by molar-refractivity contribution is 9.11. The van der Waals surface area contributed by atoms with Gasteiger partial charge in [-0.25, -0.2) is 0 Å². The number of hydrogen-bond acceptors (Lipinski definition) is 4. The first-order valence-corrected chi connectivity index (χ1v) is 11.1. The molecule has 0 unspecified atom stereocenters. The monoisotopic (exact) mass is 588 g/mol. The smallest absolute Gasteiger partial charge is 0.270 e. The Kier molecular flexibility index (Phi) is 7.36. The molecule has 0 bridgehead atoms. The summed E-state index contributed by atoms with van der Waals surface area (Å²) in [7, 11) is 0. The molecule has 154 valence electrons. The van der Waals surface area contributed by atoms with Gasteiger partial charge in [-0.2, -0.15) is 0 Å². The van der Waals surface area contributed by atoms with Crippen LogP contribution in [-0.2, 0) is 9.59 Å². The van der Waals surface area contributed by atoms with Gasteiger partial charge < -0.3 is 4.74 Å². The van der Waals surface area contributed by atoms with Gasteiger partial charge in [-0.1, -0.05) is 35.9 Å². The molecule has 3 rings (SSSR count). The van der Waals surface area contributed by atoms with E-state index in [1.807, 2.05) is 0 Å². The number of amides is 2. The van der Waals surface area contributed by atoms with E-state index in [4.69, 9.17) is 40.2 Å². The Balaban J connectivity index is 2.01. The number of ether oxygens (including phenoxy) is 1. The molecule has 2 aromatic carbocycles. The number of hydrogen-bond donors (Lipinski definition) is 1. The third-order valence-corrected chi connectivity index (χ3v) is 5.93. The van der Waals surface area contributed by atoms with Crippen LogP contribution >= 0.6 is 67.3 Å². The third kappa shape index (κ3) is 4.78. The second kappa shape index (κ2) is 9.62. The summed E-state index contributed by atoms with van der Waals surface area (Å²) in [6.45, 7) is 3.94. The highest BCUT2D eigenvalue weighted by Crippen LogP contribution is 2.36. The van der Waals surface area contributed by atoms with Crippen LogP contribution in [0.1, 0.15) is 5.56 Å². The minimum Gasteiger partial charge on any atom is -0.487 e. The lowest BCUT2D eigenvalue weighted by atomic mass is 10.1. The fraction of sp³-hybridized carbons (Fsp3) is 0.0500. The van der Waals surface area contributed by atoms with Crippen LogP contribution in [0.15, 0.2) is 57.5 Å². The summed E-state index contributed by atoms with van der Waals surface area (Å²) >= 11 is 24.2. The molecule has 1 heterocycles. The van der Waals surface area contributed by atoms with E-state index in [1.54, 1.807) is 30.3 Å². The molecule has 0 radical (unpaired) electrons. The Hall–Kier alpha value is -1.71.